The molecule has 4 rings (SSSR count). The predicted molar refractivity (Wildman–Crippen MR) is 160 cm³/mol. The number of carbonyl (C=O) groups is 3. The van der Waals surface area contributed by atoms with Crippen molar-refractivity contribution in [1.82, 2.24) is 10.6 Å². The van der Waals surface area contributed by atoms with Gasteiger partial charge in [0.05, 0.1) is 7.11 Å². The Morgan fingerprint density at radius 3 is 1.74 bits per heavy atom. The summed E-state index contributed by atoms with van der Waals surface area (Å²) in [5.41, 5.74) is 3.51. The molecular weight excluding hydrogens is 548 g/mol. The fourth-order valence-corrected chi connectivity index (χ4v) is 4.13. The molecule has 2 amide bonds. The van der Waals surface area contributed by atoms with Crippen LogP contribution in [-0.2, 0) is 45.3 Å². The number of methoxy groups -OCH3 is 1. The molecule has 0 aromatic heterocycles. The van der Waals surface area contributed by atoms with Gasteiger partial charge in [-0.3, -0.25) is 4.79 Å². The van der Waals surface area contributed by atoms with Crippen LogP contribution in [0, 0.1) is 0 Å². The molecule has 0 aliphatic heterocycles. The van der Waals surface area contributed by atoms with Gasteiger partial charge in [-0.2, -0.15) is 0 Å². The van der Waals surface area contributed by atoms with Gasteiger partial charge in [-0.15, -0.1) is 0 Å². The van der Waals surface area contributed by atoms with Crippen LogP contribution in [0.2, 0.25) is 0 Å². The fraction of sp³-hybridized carbons (Fsp3) is 0.206. The molecule has 222 valence electrons. The number of benzene rings is 4. The van der Waals surface area contributed by atoms with Crippen molar-refractivity contribution in [2.75, 3.05) is 13.7 Å². The maximum atomic E-state index is 12.6. The second-order valence-corrected chi connectivity index (χ2v) is 9.59. The Kier molecular flexibility index (Phi) is 11.6. The number of hydrogen-bond donors (Lipinski definition) is 2. The Hall–Kier alpha value is -5.31. The zero-order chi connectivity index (χ0) is 30.3. The lowest BCUT2D eigenvalue weighted by Gasteiger charge is -2.19. The SMILES string of the molecule is COC(=O)[C@H](Cc1ccc(OCc2ccccc2)c(OCc2ccccc2)c1)NC(=O)CNC(=O)OCc1ccccc1. The number of alkyl carbamates (subject to hydrolysis) is 1. The number of rotatable bonds is 14. The molecule has 0 heterocycles. The topological polar surface area (TPSA) is 112 Å². The van der Waals surface area contributed by atoms with Crippen LogP contribution >= 0.6 is 0 Å². The fourth-order valence-electron chi connectivity index (χ4n) is 4.13. The van der Waals surface area contributed by atoms with E-state index in [1.807, 2.05) is 91.0 Å². The average Bonchev–Trinajstić information content (AvgIpc) is 3.05. The number of esters is 1. The average molecular weight is 583 g/mol. The van der Waals surface area contributed by atoms with Gasteiger partial charge in [0, 0.05) is 6.42 Å². The monoisotopic (exact) mass is 582 g/mol. The van der Waals surface area contributed by atoms with Crippen molar-refractivity contribution in [1.29, 1.82) is 0 Å². The standard InChI is InChI=1S/C34H34N2O7/c1-40-33(38)29(36-32(37)21-35-34(39)43-24-27-15-9-4-10-16-27)19-28-17-18-30(41-22-25-11-5-2-6-12-25)31(20-28)42-23-26-13-7-3-8-14-26/h2-18,20,29H,19,21-24H2,1H3,(H,35,39)(H,36,37)/t29-/m0/s1. The van der Waals surface area contributed by atoms with Gasteiger partial charge in [0.15, 0.2) is 11.5 Å². The lowest BCUT2D eigenvalue weighted by molar-refractivity contribution is -0.144. The van der Waals surface area contributed by atoms with Crippen LogP contribution in [0.25, 0.3) is 0 Å². The van der Waals surface area contributed by atoms with Gasteiger partial charge in [-0.05, 0) is 34.4 Å². The second kappa shape index (κ2) is 16.2. The molecule has 4 aromatic rings. The van der Waals surface area contributed by atoms with Crippen molar-refractivity contribution in [2.24, 2.45) is 0 Å². The third-order valence-electron chi connectivity index (χ3n) is 6.35. The van der Waals surface area contributed by atoms with E-state index in [-0.39, 0.29) is 19.6 Å². The van der Waals surface area contributed by atoms with Gasteiger partial charge in [-0.1, -0.05) is 97.1 Å². The molecule has 1 atom stereocenters. The Balaban J connectivity index is 1.39. The third-order valence-corrected chi connectivity index (χ3v) is 6.35. The van der Waals surface area contributed by atoms with Crippen molar-refractivity contribution in [2.45, 2.75) is 32.3 Å². The molecule has 4 aromatic carbocycles. The van der Waals surface area contributed by atoms with Crippen LogP contribution in [0.4, 0.5) is 4.79 Å². The van der Waals surface area contributed by atoms with Crippen LogP contribution in [0.3, 0.4) is 0 Å². The Labute approximate surface area is 250 Å². The summed E-state index contributed by atoms with van der Waals surface area (Å²) in [5, 5.41) is 5.02. The Bertz CT molecular complexity index is 1460. The van der Waals surface area contributed by atoms with E-state index >= 15 is 0 Å². The molecule has 2 N–H and O–H groups in total. The number of amides is 2. The maximum absolute atomic E-state index is 12.6. The Morgan fingerprint density at radius 2 is 1.19 bits per heavy atom. The highest BCUT2D eigenvalue weighted by Crippen LogP contribution is 2.30. The van der Waals surface area contributed by atoms with Gasteiger partial charge in [-0.25, -0.2) is 9.59 Å². The minimum atomic E-state index is -1.00. The van der Waals surface area contributed by atoms with Gasteiger partial charge < -0.3 is 29.6 Å². The van der Waals surface area contributed by atoms with Crippen LogP contribution in [0.15, 0.2) is 109 Å². The summed E-state index contributed by atoms with van der Waals surface area (Å²) in [5.74, 6) is -0.165. The van der Waals surface area contributed by atoms with Crippen molar-refractivity contribution >= 4 is 18.0 Å². The molecule has 9 heteroatoms. The first-order chi connectivity index (χ1) is 21.0. The van der Waals surface area contributed by atoms with E-state index in [2.05, 4.69) is 10.6 Å². The summed E-state index contributed by atoms with van der Waals surface area (Å²) in [4.78, 5) is 37.2. The summed E-state index contributed by atoms with van der Waals surface area (Å²) >= 11 is 0. The minimum absolute atomic E-state index is 0.0683. The summed E-state index contributed by atoms with van der Waals surface area (Å²) in [6.45, 7) is 0.357. The lowest BCUT2D eigenvalue weighted by atomic mass is 10.0. The first-order valence-corrected chi connectivity index (χ1v) is 13.8. The van der Waals surface area contributed by atoms with Crippen LogP contribution in [0.1, 0.15) is 22.3 Å². The summed E-state index contributed by atoms with van der Waals surface area (Å²) < 4.78 is 22.3. The molecule has 0 aliphatic carbocycles. The van der Waals surface area contributed by atoms with E-state index in [1.165, 1.54) is 7.11 Å². The van der Waals surface area contributed by atoms with E-state index in [1.54, 1.807) is 18.2 Å². The normalized spacial score (nSPS) is 11.1. The second-order valence-electron chi connectivity index (χ2n) is 9.59. The molecule has 0 saturated carbocycles. The summed E-state index contributed by atoms with van der Waals surface area (Å²) in [6, 6.07) is 33.0. The molecule has 0 aliphatic rings. The Morgan fingerprint density at radius 1 is 0.651 bits per heavy atom. The molecule has 0 bridgehead atoms. The number of carbonyl (C=O) groups excluding carboxylic acids is 3. The van der Waals surface area contributed by atoms with Gasteiger partial charge in [0.2, 0.25) is 5.91 Å². The molecule has 9 nitrogen and oxygen atoms in total. The van der Waals surface area contributed by atoms with E-state index in [9.17, 15) is 14.4 Å². The van der Waals surface area contributed by atoms with E-state index in [4.69, 9.17) is 18.9 Å². The molecular formula is C34H34N2O7. The van der Waals surface area contributed by atoms with Crippen molar-refractivity contribution in [3.8, 4) is 11.5 Å². The molecule has 0 radical (unpaired) electrons. The highest BCUT2D eigenvalue weighted by atomic mass is 16.5. The van der Waals surface area contributed by atoms with Crippen molar-refractivity contribution in [3.63, 3.8) is 0 Å². The number of nitrogens with one attached hydrogen (secondary N) is 2. The maximum Gasteiger partial charge on any atom is 0.407 e. The van der Waals surface area contributed by atoms with Gasteiger partial charge >= 0.3 is 12.1 Å². The first-order valence-electron chi connectivity index (χ1n) is 13.8. The number of hydrogen-bond acceptors (Lipinski definition) is 7. The lowest BCUT2D eigenvalue weighted by Crippen LogP contribution is -2.47. The number of ether oxygens (including phenoxy) is 4. The van der Waals surface area contributed by atoms with E-state index < -0.39 is 24.0 Å². The zero-order valence-corrected chi connectivity index (χ0v) is 23.9. The molecule has 0 spiro atoms. The largest absolute Gasteiger partial charge is 0.485 e. The quantitative estimate of drug-likeness (QED) is 0.202. The van der Waals surface area contributed by atoms with E-state index in [0.717, 1.165) is 16.7 Å². The smallest absolute Gasteiger partial charge is 0.407 e. The van der Waals surface area contributed by atoms with Crippen LogP contribution in [0.5, 0.6) is 11.5 Å². The van der Waals surface area contributed by atoms with Crippen molar-refractivity contribution in [3.05, 3.63) is 131 Å². The van der Waals surface area contributed by atoms with Gasteiger partial charge in [0.1, 0.15) is 32.4 Å². The van der Waals surface area contributed by atoms with E-state index in [0.29, 0.717) is 30.3 Å². The molecule has 43 heavy (non-hydrogen) atoms. The highest BCUT2D eigenvalue weighted by molar-refractivity contribution is 5.87. The highest BCUT2D eigenvalue weighted by Gasteiger charge is 2.23. The summed E-state index contributed by atoms with van der Waals surface area (Å²) in [7, 11) is 1.25. The van der Waals surface area contributed by atoms with Crippen LogP contribution < -0.4 is 20.1 Å². The third kappa shape index (κ3) is 10.2. The molecule has 0 unspecified atom stereocenters. The van der Waals surface area contributed by atoms with Crippen LogP contribution in [-0.4, -0.2) is 37.7 Å². The first kappa shape index (κ1) is 30.6. The molecule has 0 fully saturated rings. The molecule has 0 saturated heterocycles. The van der Waals surface area contributed by atoms with Crippen molar-refractivity contribution < 1.29 is 33.3 Å². The minimum Gasteiger partial charge on any atom is -0.485 e. The summed E-state index contributed by atoms with van der Waals surface area (Å²) in [6.07, 6.45) is -0.628. The zero-order valence-electron chi connectivity index (χ0n) is 23.9. The predicted octanol–water partition coefficient (Wildman–Crippen LogP) is 4.97. The van der Waals surface area contributed by atoms with Gasteiger partial charge in [0.25, 0.3) is 0 Å².